The van der Waals surface area contributed by atoms with Crippen LogP contribution in [0.4, 0.5) is 29.5 Å². The summed E-state index contributed by atoms with van der Waals surface area (Å²) in [5, 5.41) is 10.0. The average molecular weight is 412 g/mol. The molecule has 30 heavy (non-hydrogen) atoms. The summed E-state index contributed by atoms with van der Waals surface area (Å²) in [5.74, 6) is -0.201. The number of aryl methyl sites for hydroxylation is 1. The van der Waals surface area contributed by atoms with Crippen molar-refractivity contribution < 1.29 is 18.0 Å². The number of aromatic nitrogens is 4. The summed E-state index contributed by atoms with van der Waals surface area (Å²) in [4.78, 5) is 20.1. The van der Waals surface area contributed by atoms with Gasteiger partial charge in [-0.2, -0.15) is 18.3 Å². The van der Waals surface area contributed by atoms with E-state index in [9.17, 15) is 18.0 Å². The summed E-state index contributed by atoms with van der Waals surface area (Å²) >= 11 is 0. The molecule has 0 radical (unpaired) electrons. The topological polar surface area (TPSA) is 84.7 Å². The van der Waals surface area contributed by atoms with E-state index >= 15 is 0 Å². The lowest BCUT2D eigenvalue weighted by Gasteiger charge is -2.10. The number of halogens is 3. The minimum Gasteiger partial charge on any atom is -0.308 e. The monoisotopic (exact) mass is 412 g/mol. The summed E-state index contributed by atoms with van der Waals surface area (Å²) in [6, 6.07) is 7.88. The lowest BCUT2D eigenvalue weighted by molar-refractivity contribution is -0.137. The Balaban J connectivity index is 1.48. The second-order valence-electron chi connectivity index (χ2n) is 6.47. The maximum atomic E-state index is 12.8. The van der Waals surface area contributed by atoms with Gasteiger partial charge >= 0.3 is 12.2 Å². The highest BCUT2D eigenvalue weighted by molar-refractivity contribution is 5.99. The normalized spacial score (nSPS) is 11.5. The zero-order chi connectivity index (χ0) is 21.3. The van der Waals surface area contributed by atoms with Crippen molar-refractivity contribution >= 4 is 28.4 Å². The third kappa shape index (κ3) is 3.93. The molecule has 0 saturated carbocycles. The van der Waals surface area contributed by atoms with Gasteiger partial charge in [-0.3, -0.25) is 15.0 Å². The first kappa shape index (κ1) is 19.4. The molecule has 0 aliphatic heterocycles. The first-order valence-electron chi connectivity index (χ1n) is 8.79. The highest BCUT2D eigenvalue weighted by Crippen LogP contribution is 2.30. The van der Waals surface area contributed by atoms with Crippen LogP contribution < -0.4 is 10.6 Å². The quantitative estimate of drug-likeness (QED) is 0.511. The van der Waals surface area contributed by atoms with Gasteiger partial charge in [-0.1, -0.05) is 12.1 Å². The third-order valence-corrected chi connectivity index (χ3v) is 4.46. The number of benzene rings is 1. The van der Waals surface area contributed by atoms with E-state index in [0.717, 1.165) is 40.4 Å². The minimum absolute atomic E-state index is 0.201. The van der Waals surface area contributed by atoms with E-state index in [-0.39, 0.29) is 5.82 Å². The fourth-order valence-electron chi connectivity index (χ4n) is 2.98. The number of urea groups is 1. The molecule has 3 aromatic heterocycles. The Hall–Kier alpha value is -3.95. The SMILES string of the molecule is Cn1ncc2c(-c3ccc(NC(=O)Nc4cc(C(F)(F)F)ccn4)cc3)cncc21. The number of amides is 2. The highest BCUT2D eigenvalue weighted by Gasteiger charge is 2.30. The molecular formula is C20H15F3N6O. The van der Waals surface area contributed by atoms with Gasteiger partial charge in [-0.25, -0.2) is 9.78 Å². The number of fused-ring (bicyclic) bond motifs is 1. The van der Waals surface area contributed by atoms with Gasteiger partial charge in [0.05, 0.1) is 23.5 Å². The standard InChI is InChI=1S/C20H15F3N6O/c1-29-17-11-24-9-15(16(17)10-26-29)12-2-4-14(5-3-12)27-19(30)28-18-8-13(6-7-25-18)20(21,22)23/h2-11H,1H3,(H2,25,27,28,30). The Labute approximate surface area is 168 Å². The number of nitrogens with zero attached hydrogens (tertiary/aromatic N) is 4. The van der Waals surface area contributed by atoms with Crippen molar-refractivity contribution in [3.63, 3.8) is 0 Å². The van der Waals surface area contributed by atoms with Crippen LogP contribution in [-0.4, -0.2) is 25.8 Å². The van der Waals surface area contributed by atoms with Gasteiger partial charge < -0.3 is 5.32 Å². The molecule has 152 valence electrons. The van der Waals surface area contributed by atoms with Gasteiger partial charge in [0.2, 0.25) is 0 Å². The van der Waals surface area contributed by atoms with Gasteiger partial charge in [0.1, 0.15) is 5.82 Å². The first-order valence-corrected chi connectivity index (χ1v) is 8.79. The zero-order valence-electron chi connectivity index (χ0n) is 15.6. The predicted octanol–water partition coefficient (Wildman–Crippen LogP) is 4.69. The Kier molecular flexibility index (Phi) is 4.82. The molecule has 2 N–H and O–H groups in total. The largest absolute Gasteiger partial charge is 0.416 e. The number of pyridine rings is 2. The molecule has 0 unspecified atom stereocenters. The predicted molar refractivity (Wildman–Crippen MR) is 106 cm³/mol. The van der Waals surface area contributed by atoms with Gasteiger partial charge in [0, 0.05) is 36.1 Å². The van der Waals surface area contributed by atoms with E-state index in [1.807, 2.05) is 19.2 Å². The van der Waals surface area contributed by atoms with Crippen LogP contribution >= 0.6 is 0 Å². The van der Waals surface area contributed by atoms with Gasteiger partial charge in [-0.15, -0.1) is 0 Å². The molecule has 0 aliphatic carbocycles. The number of anilines is 2. The van der Waals surface area contributed by atoms with Crippen LogP contribution in [0.25, 0.3) is 22.0 Å². The summed E-state index contributed by atoms with van der Waals surface area (Å²) < 4.78 is 40.0. The summed E-state index contributed by atoms with van der Waals surface area (Å²) in [6.07, 6.45) is 1.69. The van der Waals surface area contributed by atoms with E-state index in [1.54, 1.807) is 35.4 Å². The van der Waals surface area contributed by atoms with Crippen molar-refractivity contribution in [1.29, 1.82) is 0 Å². The summed E-state index contributed by atoms with van der Waals surface area (Å²) in [6.45, 7) is 0. The van der Waals surface area contributed by atoms with E-state index in [1.165, 1.54) is 0 Å². The van der Waals surface area contributed by atoms with E-state index in [4.69, 9.17) is 0 Å². The molecule has 10 heteroatoms. The lowest BCUT2D eigenvalue weighted by atomic mass is 10.0. The molecular weight excluding hydrogens is 397 g/mol. The van der Waals surface area contributed by atoms with Crippen molar-refractivity contribution in [1.82, 2.24) is 19.7 Å². The number of carbonyl (C=O) groups is 1. The zero-order valence-corrected chi connectivity index (χ0v) is 15.6. The van der Waals surface area contributed by atoms with Crippen molar-refractivity contribution in [3.05, 3.63) is 66.7 Å². The number of hydrogen-bond acceptors (Lipinski definition) is 4. The van der Waals surface area contributed by atoms with Crippen LogP contribution in [0.5, 0.6) is 0 Å². The van der Waals surface area contributed by atoms with Crippen LogP contribution in [0, 0.1) is 0 Å². The third-order valence-electron chi connectivity index (χ3n) is 4.46. The van der Waals surface area contributed by atoms with Crippen molar-refractivity contribution in [2.45, 2.75) is 6.18 Å². The highest BCUT2D eigenvalue weighted by atomic mass is 19.4. The van der Waals surface area contributed by atoms with Crippen molar-refractivity contribution in [3.8, 4) is 11.1 Å². The molecule has 0 bridgehead atoms. The Bertz CT molecular complexity index is 1220. The molecule has 4 rings (SSSR count). The van der Waals surface area contributed by atoms with Crippen LogP contribution in [-0.2, 0) is 13.2 Å². The fraction of sp³-hybridized carbons (Fsp3) is 0.100. The van der Waals surface area contributed by atoms with E-state index in [0.29, 0.717) is 5.69 Å². The molecule has 0 aliphatic rings. The second kappa shape index (κ2) is 7.47. The Morgan fingerprint density at radius 1 is 1.03 bits per heavy atom. The van der Waals surface area contributed by atoms with Crippen molar-refractivity contribution in [2.24, 2.45) is 7.05 Å². The molecule has 0 atom stereocenters. The second-order valence-corrected chi connectivity index (χ2v) is 6.47. The Morgan fingerprint density at radius 2 is 1.80 bits per heavy atom. The first-order chi connectivity index (χ1) is 14.3. The van der Waals surface area contributed by atoms with Gasteiger partial charge in [0.25, 0.3) is 0 Å². The maximum Gasteiger partial charge on any atom is 0.416 e. The average Bonchev–Trinajstić information content (AvgIpc) is 3.09. The Morgan fingerprint density at radius 3 is 2.53 bits per heavy atom. The lowest BCUT2D eigenvalue weighted by Crippen LogP contribution is -2.20. The van der Waals surface area contributed by atoms with Crippen molar-refractivity contribution in [2.75, 3.05) is 10.6 Å². The van der Waals surface area contributed by atoms with Gasteiger partial charge in [0.15, 0.2) is 0 Å². The summed E-state index contributed by atoms with van der Waals surface area (Å²) in [7, 11) is 1.83. The smallest absolute Gasteiger partial charge is 0.308 e. The van der Waals surface area contributed by atoms with E-state index in [2.05, 4.69) is 25.7 Å². The molecule has 0 saturated heterocycles. The molecule has 2 amide bonds. The molecule has 7 nitrogen and oxygen atoms in total. The van der Waals surface area contributed by atoms with Crippen LogP contribution in [0.15, 0.2) is 61.2 Å². The molecule has 0 spiro atoms. The number of alkyl halides is 3. The maximum absolute atomic E-state index is 12.8. The number of nitrogens with one attached hydrogen (secondary N) is 2. The van der Waals surface area contributed by atoms with Crippen LogP contribution in [0.3, 0.4) is 0 Å². The van der Waals surface area contributed by atoms with Gasteiger partial charge in [-0.05, 0) is 29.8 Å². The molecule has 3 heterocycles. The number of rotatable bonds is 3. The molecule has 0 fully saturated rings. The summed E-state index contributed by atoms with van der Waals surface area (Å²) in [5.41, 5.74) is 2.24. The fourth-order valence-corrected chi connectivity index (χ4v) is 2.98. The van der Waals surface area contributed by atoms with E-state index < -0.39 is 17.8 Å². The minimum atomic E-state index is -4.52. The number of hydrogen-bond donors (Lipinski definition) is 2. The van der Waals surface area contributed by atoms with Crippen LogP contribution in [0.2, 0.25) is 0 Å². The van der Waals surface area contributed by atoms with Crippen LogP contribution in [0.1, 0.15) is 5.56 Å². The molecule has 1 aromatic carbocycles. The number of carbonyl (C=O) groups excluding carboxylic acids is 1. The molecule has 4 aromatic rings.